The lowest BCUT2D eigenvalue weighted by atomic mass is 10.1. The molecule has 5 aromatic rings. The van der Waals surface area contributed by atoms with Crippen LogP contribution in [0.2, 0.25) is 0 Å². The summed E-state index contributed by atoms with van der Waals surface area (Å²) in [5.41, 5.74) is 7.72. The SMILES string of the molecule is Cc1[nH]n(-c2ccccc2)c(=S)c1CN(Cc1ccccc1)Cc1c(C)[nH]n(-c2ccccc2)c1=S. The molecule has 0 amide bonds. The van der Waals surface area contributed by atoms with Gasteiger partial charge in [-0.25, -0.2) is 9.36 Å². The van der Waals surface area contributed by atoms with Gasteiger partial charge in [0.2, 0.25) is 0 Å². The average molecular weight is 512 g/mol. The number of H-pyrrole nitrogens is 2. The molecule has 0 aliphatic rings. The van der Waals surface area contributed by atoms with Crippen LogP contribution in [0.5, 0.6) is 0 Å². The summed E-state index contributed by atoms with van der Waals surface area (Å²) in [6.45, 7) is 6.39. The number of nitrogens with one attached hydrogen (secondary N) is 2. The minimum absolute atomic E-state index is 0.709. The Kier molecular flexibility index (Phi) is 7.13. The van der Waals surface area contributed by atoms with Gasteiger partial charge in [-0.1, -0.05) is 91.2 Å². The maximum Gasteiger partial charge on any atom is 0.132 e. The Balaban J connectivity index is 1.50. The molecule has 0 aliphatic heterocycles. The fourth-order valence-corrected chi connectivity index (χ4v) is 5.25. The molecule has 0 spiro atoms. The van der Waals surface area contributed by atoms with Gasteiger partial charge >= 0.3 is 0 Å². The van der Waals surface area contributed by atoms with Gasteiger partial charge in [0.1, 0.15) is 9.28 Å². The number of aryl methyl sites for hydroxylation is 2. The molecule has 0 saturated heterocycles. The van der Waals surface area contributed by atoms with Crippen molar-refractivity contribution in [1.29, 1.82) is 0 Å². The van der Waals surface area contributed by atoms with Crippen molar-refractivity contribution in [2.45, 2.75) is 33.5 Å². The van der Waals surface area contributed by atoms with Crippen LogP contribution >= 0.6 is 24.4 Å². The summed E-state index contributed by atoms with van der Waals surface area (Å²) in [6.07, 6.45) is 0. The van der Waals surface area contributed by atoms with E-state index in [0.29, 0.717) is 13.1 Å². The number of aromatic nitrogens is 4. The van der Waals surface area contributed by atoms with Crippen molar-refractivity contribution < 1.29 is 0 Å². The first kappa shape index (κ1) is 24.2. The summed E-state index contributed by atoms with van der Waals surface area (Å²) in [7, 11) is 0. The van der Waals surface area contributed by atoms with Gasteiger partial charge < -0.3 is 0 Å². The number of aromatic amines is 2. The molecule has 0 unspecified atom stereocenters. The molecule has 0 atom stereocenters. The minimum Gasteiger partial charge on any atom is -0.297 e. The monoisotopic (exact) mass is 511 g/mol. The maximum atomic E-state index is 5.94. The van der Waals surface area contributed by atoms with Gasteiger partial charge in [0.15, 0.2) is 0 Å². The first-order chi connectivity index (χ1) is 17.5. The molecule has 2 heterocycles. The summed E-state index contributed by atoms with van der Waals surface area (Å²) < 4.78 is 5.59. The van der Waals surface area contributed by atoms with Crippen LogP contribution in [0.25, 0.3) is 11.4 Å². The standard InChI is InChI=1S/C29H29N5S2/c1-21-26(28(35)33(30-21)24-14-8-4-9-15-24)19-32(18-23-12-6-3-7-13-23)20-27-22(2)31-34(29(27)36)25-16-10-5-11-17-25/h3-17,30-31H,18-20H2,1-2H3. The van der Waals surface area contributed by atoms with E-state index in [9.17, 15) is 0 Å². The smallest absolute Gasteiger partial charge is 0.132 e. The average Bonchev–Trinajstić information content (AvgIpc) is 3.35. The van der Waals surface area contributed by atoms with Gasteiger partial charge in [0.25, 0.3) is 0 Å². The van der Waals surface area contributed by atoms with Gasteiger partial charge in [0, 0.05) is 42.1 Å². The van der Waals surface area contributed by atoms with Crippen LogP contribution < -0.4 is 0 Å². The van der Waals surface area contributed by atoms with Crippen LogP contribution in [0.4, 0.5) is 0 Å². The molecule has 36 heavy (non-hydrogen) atoms. The van der Waals surface area contributed by atoms with E-state index in [2.05, 4.69) is 83.5 Å². The molecule has 0 aliphatic carbocycles. The van der Waals surface area contributed by atoms with Crippen LogP contribution in [-0.4, -0.2) is 24.5 Å². The number of rotatable bonds is 8. The zero-order chi connectivity index (χ0) is 25.1. The zero-order valence-corrected chi connectivity index (χ0v) is 22.1. The number of nitrogens with zero attached hydrogens (tertiary/aromatic N) is 3. The number of para-hydroxylation sites is 2. The van der Waals surface area contributed by atoms with Gasteiger partial charge in [-0.05, 0) is 43.7 Å². The van der Waals surface area contributed by atoms with Crippen LogP contribution in [0.1, 0.15) is 28.1 Å². The van der Waals surface area contributed by atoms with Crippen molar-refractivity contribution in [2.24, 2.45) is 0 Å². The lowest BCUT2D eigenvalue weighted by molar-refractivity contribution is 0.246. The fraction of sp³-hybridized carbons (Fsp3) is 0.172. The molecule has 5 nitrogen and oxygen atoms in total. The number of hydrogen-bond acceptors (Lipinski definition) is 3. The first-order valence-electron chi connectivity index (χ1n) is 12.0. The molecule has 2 N–H and O–H groups in total. The van der Waals surface area contributed by atoms with E-state index in [1.807, 2.05) is 45.8 Å². The van der Waals surface area contributed by atoms with Crippen molar-refractivity contribution in [2.75, 3.05) is 0 Å². The highest BCUT2D eigenvalue weighted by atomic mass is 32.1. The summed E-state index contributed by atoms with van der Waals surface area (Å²) >= 11 is 11.9. The van der Waals surface area contributed by atoms with E-state index in [-0.39, 0.29) is 0 Å². The molecular formula is C29H29N5S2. The molecule has 3 aromatic carbocycles. The third-order valence-corrected chi connectivity index (χ3v) is 7.29. The third-order valence-electron chi connectivity index (χ3n) is 6.43. The van der Waals surface area contributed by atoms with Crippen LogP contribution in [0.15, 0.2) is 91.0 Å². The lowest BCUT2D eigenvalue weighted by Crippen LogP contribution is -2.23. The highest BCUT2D eigenvalue weighted by Gasteiger charge is 2.18. The van der Waals surface area contributed by atoms with E-state index in [4.69, 9.17) is 24.4 Å². The van der Waals surface area contributed by atoms with Gasteiger partial charge in [-0.3, -0.25) is 15.1 Å². The normalized spacial score (nSPS) is 11.3. The predicted octanol–water partition coefficient (Wildman–Crippen LogP) is 7.20. The topological polar surface area (TPSA) is 44.7 Å². The van der Waals surface area contributed by atoms with Crippen molar-refractivity contribution in [1.82, 2.24) is 24.5 Å². The Labute approximate surface area is 221 Å². The van der Waals surface area contributed by atoms with E-state index in [1.54, 1.807) is 0 Å². The van der Waals surface area contributed by atoms with E-state index < -0.39 is 0 Å². The molecule has 182 valence electrons. The summed E-state index contributed by atoms with van der Waals surface area (Å²) in [6, 6.07) is 30.9. The zero-order valence-electron chi connectivity index (χ0n) is 20.4. The summed E-state index contributed by atoms with van der Waals surface area (Å²) in [5.74, 6) is 0. The van der Waals surface area contributed by atoms with Crippen molar-refractivity contribution in [3.63, 3.8) is 0 Å². The first-order valence-corrected chi connectivity index (χ1v) is 12.8. The fourth-order valence-electron chi connectivity index (χ4n) is 4.51. The van der Waals surface area contributed by atoms with Gasteiger partial charge in [-0.2, -0.15) is 0 Å². The largest absolute Gasteiger partial charge is 0.297 e. The number of hydrogen-bond donors (Lipinski definition) is 2. The van der Waals surface area contributed by atoms with Crippen LogP contribution in [-0.2, 0) is 19.6 Å². The Hall–Kier alpha value is -3.52. The maximum absolute atomic E-state index is 5.94. The second-order valence-electron chi connectivity index (χ2n) is 9.01. The highest BCUT2D eigenvalue weighted by molar-refractivity contribution is 7.71. The third kappa shape index (κ3) is 5.04. The lowest BCUT2D eigenvalue weighted by Gasteiger charge is -2.22. The van der Waals surface area contributed by atoms with E-state index >= 15 is 0 Å². The molecule has 0 fully saturated rings. The number of benzene rings is 3. The second kappa shape index (κ2) is 10.6. The Morgan fingerprint density at radius 2 is 0.972 bits per heavy atom. The van der Waals surface area contributed by atoms with Crippen molar-refractivity contribution in [3.8, 4) is 11.4 Å². The Morgan fingerprint density at radius 1 is 0.583 bits per heavy atom. The molecule has 7 heteroatoms. The molecule has 2 aromatic heterocycles. The summed E-state index contributed by atoms with van der Waals surface area (Å²) in [4.78, 5) is 2.41. The van der Waals surface area contributed by atoms with E-state index in [1.165, 1.54) is 5.56 Å². The molecule has 0 radical (unpaired) electrons. The quantitative estimate of drug-likeness (QED) is 0.217. The Morgan fingerprint density at radius 3 is 1.39 bits per heavy atom. The van der Waals surface area contributed by atoms with Crippen LogP contribution in [0.3, 0.4) is 0 Å². The predicted molar refractivity (Wildman–Crippen MR) is 151 cm³/mol. The molecule has 5 rings (SSSR count). The molecule has 0 saturated carbocycles. The van der Waals surface area contributed by atoms with Gasteiger partial charge in [0.05, 0.1) is 11.4 Å². The van der Waals surface area contributed by atoms with Gasteiger partial charge in [-0.15, -0.1) is 0 Å². The minimum atomic E-state index is 0.709. The molecular weight excluding hydrogens is 482 g/mol. The Bertz CT molecular complexity index is 1460. The van der Waals surface area contributed by atoms with Crippen molar-refractivity contribution >= 4 is 24.4 Å². The second-order valence-corrected chi connectivity index (χ2v) is 9.79. The summed E-state index contributed by atoms with van der Waals surface area (Å²) in [5, 5.41) is 6.93. The van der Waals surface area contributed by atoms with Crippen molar-refractivity contribution in [3.05, 3.63) is 128 Å². The molecule has 0 bridgehead atoms. The van der Waals surface area contributed by atoms with Crippen LogP contribution in [0, 0.1) is 23.1 Å². The van der Waals surface area contributed by atoms with E-state index in [0.717, 1.165) is 49.7 Å². The highest BCUT2D eigenvalue weighted by Crippen LogP contribution is 2.22.